The van der Waals surface area contributed by atoms with E-state index in [2.05, 4.69) is 4.98 Å². The fourth-order valence-electron chi connectivity index (χ4n) is 5.02. The van der Waals surface area contributed by atoms with E-state index in [1.54, 1.807) is 0 Å². The van der Waals surface area contributed by atoms with E-state index >= 15 is 0 Å². The predicted molar refractivity (Wildman–Crippen MR) is 95.4 cm³/mol. The third kappa shape index (κ3) is 2.28. The Morgan fingerprint density at radius 1 is 0.962 bits per heavy atom. The number of nitrogens with zero attached hydrogens (tertiary/aromatic N) is 2. The Morgan fingerprint density at radius 2 is 1.62 bits per heavy atom. The number of carbonyl (C=O) groups excluding carboxylic acids is 3. The molecule has 3 amide bonds. The third-order valence-corrected chi connectivity index (χ3v) is 6.16. The van der Waals surface area contributed by atoms with Crippen LogP contribution in [0.1, 0.15) is 49.0 Å². The van der Waals surface area contributed by atoms with Crippen LogP contribution in [-0.2, 0) is 9.59 Å². The van der Waals surface area contributed by atoms with Crippen LogP contribution in [0, 0.1) is 0 Å². The van der Waals surface area contributed by atoms with E-state index in [9.17, 15) is 14.4 Å². The lowest BCUT2D eigenvalue weighted by Crippen LogP contribution is -2.53. The van der Waals surface area contributed by atoms with Gasteiger partial charge in [0.1, 0.15) is 5.69 Å². The number of imide groups is 1. The van der Waals surface area contributed by atoms with E-state index in [1.807, 2.05) is 35.2 Å². The fourth-order valence-corrected chi connectivity index (χ4v) is 5.02. The first-order valence-electron chi connectivity index (χ1n) is 9.37. The summed E-state index contributed by atoms with van der Waals surface area (Å²) in [7, 11) is 0. The smallest absolute Gasteiger partial charge is 0.270 e. The topological polar surface area (TPSA) is 73.5 Å². The van der Waals surface area contributed by atoms with Gasteiger partial charge in [-0.15, -0.1) is 0 Å². The number of hydrogen-bond donors (Lipinski definition) is 1. The van der Waals surface area contributed by atoms with E-state index in [-0.39, 0.29) is 35.8 Å². The van der Waals surface area contributed by atoms with Gasteiger partial charge < -0.3 is 9.88 Å². The van der Waals surface area contributed by atoms with Crippen molar-refractivity contribution in [1.29, 1.82) is 0 Å². The van der Waals surface area contributed by atoms with Crippen LogP contribution in [0.4, 0.5) is 0 Å². The summed E-state index contributed by atoms with van der Waals surface area (Å²) in [5.41, 5.74) is 1.58. The molecule has 3 aliphatic heterocycles. The standard InChI is InChI=1S/C20H21N3O3/c24-18-7-8-19(25)23(18)15-10-13-5-6-14(11-15)22(13)20(26)17-9-12-3-1-2-4-16(12)21-17/h1-4,9,13-15,21H,5-8,10-11H2. The molecule has 2 unspecified atom stereocenters. The van der Waals surface area contributed by atoms with Crippen LogP contribution in [0.15, 0.2) is 30.3 Å². The van der Waals surface area contributed by atoms with Crippen molar-refractivity contribution in [2.75, 3.05) is 0 Å². The second kappa shape index (κ2) is 5.69. The minimum atomic E-state index is -0.0465. The molecule has 3 aliphatic rings. The molecule has 4 heterocycles. The summed E-state index contributed by atoms with van der Waals surface area (Å²) in [5.74, 6) is -0.0594. The molecular formula is C20H21N3O3. The summed E-state index contributed by atoms with van der Waals surface area (Å²) in [6, 6.07) is 9.97. The molecule has 1 N–H and O–H groups in total. The number of fused-ring (bicyclic) bond motifs is 3. The van der Waals surface area contributed by atoms with Crippen LogP contribution in [0.2, 0.25) is 0 Å². The van der Waals surface area contributed by atoms with Gasteiger partial charge in [-0.05, 0) is 37.8 Å². The highest BCUT2D eigenvalue weighted by Crippen LogP contribution is 2.39. The number of benzene rings is 1. The lowest BCUT2D eigenvalue weighted by molar-refractivity contribution is -0.142. The molecule has 2 bridgehead atoms. The lowest BCUT2D eigenvalue weighted by Gasteiger charge is -2.41. The van der Waals surface area contributed by atoms with Gasteiger partial charge in [-0.1, -0.05) is 18.2 Å². The Morgan fingerprint density at radius 3 is 2.27 bits per heavy atom. The molecule has 26 heavy (non-hydrogen) atoms. The van der Waals surface area contributed by atoms with E-state index in [4.69, 9.17) is 0 Å². The highest BCUT2D eigenvalue weighted by Gasteiger charge is 2.48. The van der Waals surface area contributed by atoms with Gasteiger partial charge >= 0.3 is 0 Å². The number of likely N-dealkylation sites (tertiary alicyclic amines) is 1. The van der Waals surface area contributed by atoms with Gasteiger partial charge in [0.15, 0.2) is 0 Å². The largest absolute Gasteiger partial charge is 0.351 e. The molecule has 2 aromatic rings. The third-order valence-electron chi connectivity index (χ3n) is 6.16. The van der Waals surface area contributed by atoms with Crippen molar-refractivity contribution in [3.8, 4) is 0 Å². The minimum Gasteiger partial charge on any atom is -0.351 e. The van der Waals surface area contributed by atoms with Crippen molar-refractivity contribution in [3.05, 3.63) is 36.0 Å². The Bertz CT molecular complexity index is 855. The number of aromatic nitrogens is 1. The van der Waals surface area contributed by atoms with Crippen LogP contribution in [-0.4, -0.2) is 50.6 Å². The highest BCUT2D eigenvalue weighted by atomic mass is 16.2. The minimum absolute atomic E-state index is 0.0335. The maximum Gasteiger partial charge on any atom is 0.270 e. The molecule has 134 valence electrons. The Hall–Kier alpha value is -2.63. The predicted octanol–water partition coefficient (Wildman–Crippen LogP) is 2.45. The summed E-state index contributed by atoms with van der Waals surface area (Å²) in [4.78, 5) is 44.0. The molecule has 0 aliphatic carbocycles. The van der Waals surface area contributed by atoms with Gasteiger partial charge in [-0.2, -0.15) is 0 Å². The normalized spacial score (nSPS) is 28.4. The van der Waals surface area contributed by atoms with Gasteiger partial charge in [0, 0.05) is 41.9 Å². The molecule has 0 spiro atoms. The summed E-state index contributed by atoms with van der Waals surface area (Å²) < 4.78 is 0. The van der Waals surface area contributed by atoms with Crippen LogP contribution in [0.3, 0.4) is 0 Å². The molecule has 1 aromatic carbocycles. The molecule has 0 radical (unpaired) electrons. The van der Waals surface area contributed by atoms with Gasteiger partial charge in [-0.3, -0.25) is 19.3 Å². The monoisotopic (exact) mass is 351 g/mol. The molecule has 6 heteroatoms. The summed E-state index contributed by atoms with van der Waals surface area (Å²) >= 11 is 0. The summed E-state index contributed by atoms with van der Waals surface area (Å²) in [5, 5.41) is 1.03. The number of hydrogen-bond acceptors (Lipinski definition) is 3. The van der Waals surface area contributed by atoms with Crippen LogP contribution < -0.4 is 0 Å². The number of amides is 3. The highest BCUT2D eigenvalue weighted by molar-refractivity contribution is 6.02. The van der Waals surface area contributed by atoms with E-state index in [0.717, 1.165) is 23.7 Å². The lowest BCUT2D eigenvalue weighted by atomic mass is 9.95. The Kier molecular flexibility index (Phi) is 3.42. The molecule has 2 atom stereocenters. The number of nitrogens with one attached hydrogen (secondary N) is 1. The second-order valence-corrected chi connectivity index (χ2v) is 7.65. The van der Waals surface area contributed by atoms with Crippen molar-refractivity contribution in [2.45, 2.75) is 56.7 Å². The maximum atomic E-state index is 13.1. The molecule has 0 saturated carbocycles. The van der Waals surface area contributed by atoms with E-state index in [0.29, 0.717) is 31.4 Å². The zero-order chi connectivity index (χ0) is 17.8. The number of rotatable bonds is 2. The summed E-state index contributed by atoms with van der Waals surface area (Å²) in [6.45, 7) is 0. The molecule has 6 nitrogen and oxygen atoms in total. The zero-order valence-corrected chi connectivity index (χ0v) is 14.5. The van der Waals surface area contributed by atoms with E-state index < -0.39 is 0 Å². The number of piperidine rings is 1. The SMILES string of the molecule is O=C1CCC(=O)N1C1CC2CCC(C1)N2C(=O)c1cc2ccccc2[nH]1. The number of carbonyl (C=O) groups is 3. The van der Waals surface area contributed by atoms with Crippen molar-refractivity contribution in [2.24, 2.45) is 0 Å². The van der Waals surface area contributed by atoms with Crippen molar-refractivity contribution in [3.63, 3.8) is 0 Å². The molecule has 3 fully saturated rings. The second-order valence-electron chi connectivity index (χ2n) is 7.65. The Balaban J connectivity index is 1.39. The maximum absolute atomic E-state index is 13.1. The number of H-pyrrole nitrogens is 1. The molecule has 5 rings (SSSR count). The van der Waals surface area contributed by atoms with Gasteiger partial charge in [0.05, 0.1) is 0 Å². The quantitative estimate of drug-likeness (QED) is 0.845. The van der Waals surface area contributed by atoms with Crippen LogP contribution in [0.25, 0.3) is 10.9 Å². The van der Waals surface area contributed by atoms with Gasteiger partial charge in [-0.25, -0.2) is 0 Å². The molecular weight excluding hydrogens is 330 g/mol. The summed E-state index contributed by atoms with van der Waals surface area (Å²) in [6.07, 6.45) is 3.98. The fraction of sp³-hybridized carbons (Fsp3) is 0.450. The first kappa shape index (κ1) is 15.6. The van der Waals surface area contributed by atoms with Crippen LogP contribution >= 0.6 is 0 Å². The van der Waals surface area contributed by atoms with Crippen molar-refractivity contribution in [1.82, 2.24) is 14.8 Å². The molecule has 3 saturated heterocycles. The zero-order valence-electron chi connectivity index (χ0n) is 14.5. The number of aromatic amines is 1. The first-order chi connectivity index (χ1) is 12.6. The first-order valence-corrected chi connectivity index (χ1v) is 9.37. The number of para-hydroxylation sites is 1. The molecule has 1 aromatic heterocycles. The van der Waals surface area contributed by atoms with E-state index in [1.165, 1.54) is 4.90 Å². The van der Waals surface area contributed by atoms with Crippen LogP contribution in [0.5, 0.6) is 0 Å². The van der Waals surface area contributed by atoms with Crippen molar-refractivity contribution >= 4 is 28.6 Å². The Labute approximate surface area is 151 Å². The van der Waals surface area contributed by atoms with Gasteiger partial charge in [0.2, 0.25) is 11.8 Å². The van der Waals surface area contributed by atoms with Gasteiger partial charge in [0.25, 0.3) is 5.91 Å². The van der Waals surface area contributed by atoms with Crippen molar-refractivity contribution < 1.29 is 14.4 Å². The average molecular weight is 351 g/mol. The average Bonchev–Trinajstić information content (AvgIpc) is 3.28.